The zero-order valence-corrected chi connectivity index (χ0v) is 14.1. The van der Waals surface area contributed by atoms with E-state index in [1.54, 1.807) is 0 Å². The van der Waals surface area contributed by atoms with Crippen molar-refractivity contribution in [2.45, 2.75) is 32.2 Å². The molecule has 1 aromatic rings. The molecular formula is C18H26N4O2. The van der Waals surface area contributed by atoms with Crippen LogP contribution in [0.1, 0.15) is 31.2 Å². The number of guanidine groups is 1. The summed E-state index contributed by atoms with van der Waals surface area (Å²) in [6.07, 6.45) is 4.87. The summed E-state index contributed by atoms with van der Waals surface area (Å²) in [6.45, 7) is 5.14. The minimum absolute atomic E-state index is 0.126. The Kier molecular flexibility index (Phi) is 6.07. The highest BCUT2D eigenvalue weighted by Crippen LogP contribution is 2.16. The SMILES string of the molecule is O=C1CNC(NCCCOc2ccc(CN3CCCCC3)cc2)=N1. The van der Waals surface area contributed by atoms with Crippen molar-refractivity contribution < 1.29 is 9.53 Å². The van der Waals surface area contributed by atoms with Crippen LogP contribution in [0.2, 0.25) is 0 Å². The molecule has 6 nitrogen and oxygen atoms in total. The Hall–Kier alpha value is -2.08. The average molecular weight is 330 g/mol. The number of hydrogen-bond acceptors (Lipinski definition) is 5. The van der Waals surface area contributed by atoms with E-state index >= 15 is 0 Å². The predicted molar refractivity (Wildman–Crippen MR) is 94.1 cm³/mol. The third kappa shape index (κ3) is 5.23. The largest absolute Gasteiger partial charge is 0.494 e. The quantitative estimate of drug-likeness (QED) is 0.742. The summed E-state index contributed by atoms with van der Waals surface area (Å²) in [6, 6.07) is 8.41. The molecule has 6 heteroatoms. The van der Waals surface area contributed by atoms with Crippen molar-refractivity contribution in [3.05, 3.63) is 29.8 Å². The van der Waals surface area contributed by atoms with Gasteiger partial charge >= 0.3 is 0 Å². The van der Waals surface area contributed by atoms with Gasteiger partial charge in [0.2, 0.25) is 0 Å². The van der Waals surface area contributed by atoms with Gasteiger partial charge in [-0.3, -0.25) is 9.69 Å². The molecular weight excluding hydrogens is 304 g/mol. The molecule has 0 aromatic heterocycles. The molecule has 1 aromatic carbocycles. The Balaban J connectivity index is 1.32. The number of amides is 1. The van der Waals surface area contributed by atoms with Crippen molar-refractivity contribution in [1.29, 1.82) is 0 Å². The number of rotatable bonds is 7. The van der Waals surface area contributed by atoms with Gasteiger partial charge in [-0.25, -0.2) is 0 Å². The lowest BCUT2D eigenvalue weighted by molar-refractivity contribution is -0.116. The number of piperidine rings is 1. The van der Waals surface area contributed by atoms with E-state index in [4.69, 9.17) is 4.74 Å². The van der Waals surface area contributed by atoms with Gasteiger partial charge < -0.3 is 15.4 Å². The van der Waals surface area contributed by atoms with Crippen LogP contribution in [-0.4, -0.2) is 49.6 Å². The smallest absolute Gasteiger partial charge is 0.268 e. The van der Waals surface area contributed by atoms with Crippen LogP contribution in [0, 0.1) is 0 Å². The van der Waals surface area contributed by atoms with E-state index in [-0.39, 0.29) is 5.91 Å². The van der Waals surface area contributed by atoms with Crippen LogP contribution >= 0.6 is 0 Å². The zero-order valence-electron chi connectivity index (χ0n) is 14.1. The molecule has 1 amide bonds. The summed E-state index contributed by atoms with van der Waals surface area (Å²) in [5.41, 5.74) is 1.35. The molecule has 0 spiro atoms. The van der Waals surface area contributed by atoms with Crippen molar-refractivity contribution in [3.63, 3.8) is 0 Å². The van der Waals surface area contributed by atoms with E-state index in [1.165, 1.54) is 37.9 Å². The first-order valence-corrected chi connectivity index (χ1v) is 8.83. The van der Waals surface area contributed by atoms with Crippen molar-refractivity contribution in [3.8, 4) is 5.75 Å². The molecule has 0 bridgehead atoms. The monoisotopic (exact) mass is 330 g/mol. The fraction of sp³-hybridized carbons (Fsp3) is 0.556. The molecule has 0 saturated carbocycles. The molecule has 1 fully saturated rings. The van der Waals surface area contributed by atoms with Crippen LogP contribution in [0.25, 0.3) is 0 Å². The third-order valence-corrected chi connectivity index (χ3v) is 4.30. The van der Waals surface area contributed by atoms with Gasteiger partial charge in [0.1, 0.15) is 5.75 Å². The lowest BCUT2D eigenvalue weighted by Gasteiger charge is -2.26. The maximum atomic E-state index is 11.0. The van der Waals surface area contributed by atoms with Crippen molar-refractivity contribution in [2.24, 2.45) is 4.99 Å². The second-order valence-corrected chi connectivity index (χ2v) is 6.32. The van der Waals surface area contributed by atoms with Crippen molar-refractivity contribution in [2.75, 3.05) is 32.8 Å². The third-order valence-electron chi connectivity index (χ3n) is 4.30. The Bertz CT molecular complexity index is 565. The molecule has 2 N–H and O–H groups in total. The Morgan fingerprint density at radius 1 is 1.17 bits per heavy atom. The van der Waals surface area contributed by atoms with Gasteiger partial charge in [-0.15, -0.1) is 0 Å². The molecule has 2 heterocycles. The molecule has 0 atom stereocenters. The molecule has 0 unspecified atom stereocenters. The standard InChI is InChI=1S/C18H26N4O2/c23-17-13-20-18(21-17)19-9-4-12-24-16-7-5-15(6-8-16)14-22-10-2-1-3-11-22/h5-8H,1-4,9-14H2,(H2,19,20,21,23). The predicted octanol–water partition coefficient (Wildman–Crippen LogP) is 1.52. The zero-order chi connectivity index (χ0) is 16.6. The average Bonchev–Trinajstić information content (AvgIpc) is 3.02. The molecule has 24 heavy (non-hydrogen) atoms. The molecule has 3 rings (SSSR count). The molecule has 2 aliphatic rings. The van der Waals surface area contributed by atoms with E-state index in [0.29, 0.717) is 19.1 Å². The molecule has 130 valence electrons. The van der Waals surface area contributed by atoms with E-state index in [9.17, 15) is 4.79 Å². The number of hydrogen-bond donors (Lipinski definition) is 2. The minimum atomic E-state index is -0.126. The van der Waals surface area contributed by atoms with Crippen LogP contribution in [0.3, 0.4) is 0 Å². The van der Waals surface area contributed by atoms with Gasteiger partial charge in [0.25, 0.3) is 5.91 Å². The maximum absolute atomic E-state index is 11.0. The topological polar surface area (TPSA) is 66.0 Å². The maximum Gasteiger partial charge on any atom is 0.268 e. The van der Waals surface area contributed by atoms with Gasteiger partial charge in [-0.05, 0) is 50.0 Å². The van der Waals surface area contributed by atoms with E-state index in [2.05, 4.69) is 32.7 Å². The van der Waals surface area contributed by atoms with Gasteiger partial charge in [-0.2, -0.15) is 4.99 Å². The van der Waals surface area contributed by atoms with Crippen molar-refractivity contribution >= 4 is 11.9 Å². The van der Waals surface area contributed by atoms with Crippen LogP contribution in [0.4, 0.5) is 0 Å². The van der Waals surface area contributed by atoms with E-state index < -0.39 is 0 Å². The van der Waals surface area contributed by atoms with Crippen LogP contribution in [0.15, 0.2) is 29.3 Å². The number of likely N-dealkylation sites (tertiary alicyclic amines) is 1. The summed E-state index contributed by atoms with van der Waals surface area (Å²) in [5, 5.41) is 5.98. The molecule has 1 saturated heterocycles. The number of ether oxygens (including phenoxy) is 1. The number of carbonyl (C=O) groups is 1. The second-order valence-electron chi connectivity index (χ2n) is 6.32. The number of nitrogens with zero attached hydrogens (tertiary/aromatic N) is 2. The first-order valence-electron chi connectivity index (χ1n) is 8.83. The summed E-state index contributed by atoms with van der Waals surface area (Å²) in [5.74, 6) is 1.35. The molecule has 2 aliphatic heterocycles. The lowest BCUT2D eigenvalue weighted by Crippen LogP contribution is -2.34. The Morgan fingerprint density at radius 2 is 1.96 bits per heavy atom. The van der Waals surface area contributed by atoms with Gasteiger partial charge in [0, 0.05) is 13.1 Å². The highest BCUT2D eigenvalue weighted by Gasteiger charge is 2.11. The molecule has 0 radical (unpaired) electrons. The summed E-state index contributed by atoms with van der Waals surface area (Å²) < 4.78 is 5.76. The fourth-order valence-corrected chi connectivity index (χ4v) is 3.00. The summed E-state index contributed by atoms with van der Waals surface area (Å²) in [7, 11) is 0. The van der Waals surface area contributed by atoms with Crippen LogP contribution in [-0.2, 0) is 11.3 Å². The molecule has 0 aliphatic carbocycles. The first-order chi connectivity index (χ1) is 11.8. The highest BCUT2D eigenvalue weighted by atomic mass is 16.5. The second kappa shape index (κ2) is 8.68. The highest BCUT2D eigenvalue weighted by molar-refractivity contribution is 6.00. The van der Waals surface area contributed by atoms with Gasteiger partial charge in [-0.1, -0.05) is 18.6 Å². The fourth-order valence-electron chi connectivity index (χ4n) is 3.00. The summed E-state index contributed by atoms with van der Waals surface area (Å²) >= 11 is 0. The number of nitrogens with one attached hydrogen (secondary N) is 2. The normalized spacial score (nSPS) is 18.2. The van der Waals surface area contributed by atoms with Crippen LogP contribution in [0.5, 0.6) is 5.75 Å². The van der Waals surface area contributed by atoms with E-state index in [0.717, 1.165) is 25.3 Å². The number of carbonyl (C=O) groups excluding carboxylic acids is 1. The van der Waals surface area contributed by atoms with Gasteiger partial charge in [0.15, 0.2) is 5.96 Å². The lowest BCUT2D eigenvalue weighted by atomic mass is 10.1. The number of benzene rings is 1. The minimum Gasteiger partial charge on any atom is -0.494 e. The van der Waals surface area contributed by atoms with Crippen molar-refractivity contribution in [1.82, 2.24) is 15.5 Å². The Morgan fingerprint density at radius 3 is 2.67 bits per heavy atom. The summed E-state index contributed by atoms with van der Waals surface area (Å²) in [4.78, 5) is 17.3. The number of aliphatic imine (C=N–C) groups is 1. The van der Waals surface area contributed by atoms with Gasteiger partial charge in [0.05, 0.1) is 13.2 Å². The van der Waals surface area contributed by atoms with Crippen LogP contribution < -0.4 is 15.4 Å². The van der Waals surface area contributed by atoms with E-state index in [1.807, 2.05) is 12.1 Å². The first kappa shape index (κ1) is 16.8. The Labute approximate surface area is 143 Å².